The monoisotopic (exact) mass is 217 g/mol. The molecule has 2 saturated heterocycles. The summed E-state index contributed by atoms with van der Waals surface area (Å²) >= 11 is 1.85. The molecule has 1 unspecified atom stereocenters. The van der Waals surface area contributed by atoms with Gasteiger partial charge in [-0.1, -0.05) is 0 Å². The third kappa shape index (κ3) is 2.04. The molecule has 4 nitrogen and oxygen atoms in total. The van der Waals surface area contributed by atoms with Crippen molar-refractivity contribution in [2.24, 2.45) is 0 Å². The van der Waals surface area contributed by atoms with Crippen LogP contribution in [0.1, 0.15) is 19.3 Å². The first-order valence-corrected chi connectivity index (χ1v) is 5.93. The summed E-state index contributed by atoms with van der Waals surface area (Å²) in [6.07, 6.45) is 2.56. The van der Waals surface area contributed by atoms with Crippen LogP contribution in [0.25, 0.3) is 0 Å². The molecule has 0 aromatic heterocycles. The van der Waals surface area contributed by atoms with Gasteiger partial charge in [0.05, 0.1) is 4.87 Å². The van der Waals surface area contributed by atoms with Crippen molar-refractivity contribution in [3.63, 3.8) is 0 Å². The van der Waals surface area contributed by atoms with Crippen LogP contribution >= 0.6 is 11.8 Å². The number of hydrogen-bond acceptors (Lipinski definition) is 4. The number of rotatable bonds is 1. The van der Waals surface area contributed by atoms with E-state index in [1.807, 2.05) is 11.8 Å². The van der Waals surface area contributed by atoms with Crippen LogP contribution in [0, 0.1) is 0 Å². The van der Waals surface area contributed by atoms with E-state index in [1.54, 1.807) is 0 Å². The molecule has 5 heteroatoms. The molecule has 80 valence electrons. The number of ether oxygens (including phenoxy) is 1. The van der Waals surface area contributed by atoms with Gasteiger partial charge in [0.15, 0.2) is 0 Å². The standard InChI is InChI=1S/C9H15NO3S/c11-8(12)7-1-6-14-9(10-7)2-4-13-5-3-9/h7,10H,1-6H2,(H,11,12). The molecule has 2 fully saturated rings. The molecule has 0 aliphatic carbocycles. The summed E-state index contributed by atoms with van der Waals surface area (Å²) in [6.45, 7) is 1.48. The second kappa shape index (κ2) is 4.08. The third-order valence-corrected chi connectivity index (χ3v) is 4.34. The van der Waals surface area contributed by atoms with Crippen LogP contribution in [-0.4, -0.2) is 41.0 Å². The van der Waals surface area contributed by atoms with Gasteiger partial charge in [-0.2, -0.15) is 0 Å². The van der Waals surface area contributed by atoms with E-state index in [2.05, 4.69) is 5.32 Å². The summed E-state index contributed by atoms with van der Waals surface area (Å²) in [7, 11) is 0. The van der Waals surface area contributed by atoms with Crippen LogP contribution in [0.2, 0.25) is 0 Å². The minimum absolute atomic E-state index is 0.0282. The van der Waals surface area contributed by atoms with Crippen LogP contribution in [-0.2, 0) is 9.53 Å². The highest BCUT2D eigenvalue weighted by atomic mass is 32.2. The Hall–Kier alpha value is -0.260. The van der Waals surface area contributed by atoms with Crippen LogP contribution in [0.5, 0.6) is 0 Å². The highest BCUT2D eigenvalue weighted by Crippen LogP contribution is 2.37. The minimum Gasteiger partial charge on any atom is -0.480 e. The number of carbonyl (C=O) groups is 1. The van der Waals surface area contributed by atoms with Crippen molar-refractivity contribution in [3.05, 3.63) is 0 Å². The molecule has 1 atom stereocenters. The predicted octanol–water partition coefficient (Wildman–Crippen LogP) is 0.673. The molecule has 2 rings (SSSR count). The highest BCUT2D eigenvalue weighted by molar-refractivity contribution is 8.00. The molecule has 0 radical (unpaired) electrons. The van der Waals surface area contributed by atoms with Crippen LogP contribution in [0.15, 0.2) is 0 Å². The normalized spacial score (nSPS) is 31.6. The van der Waals surface area contributed by atoms with Crippen molar-refractivity contribution >= 4 is 17.7 Å². The van der Waals surface area contributed by atoms with E-state index in [4.69, 9.17) is 9.84 Å². The zero-order chi connectivity index (χ0) is 10.0. The van der Waals surface area contributed by atoms with Gasteiger partial charge in [-0.3, -0.25) is 10.1 Å². The van der Waals surface area contributed by atoms with E-state index in [-0.39, 0.29) is 10.9 Å². The van der Waals surface area contributed by atoms with Gasteiger partial charge >= 0.3 is 5.97 Å². The Morgan fingerprint density at radius 3 is 2.86 bits per heavy atom. The topological polar surface area (TPSA) is 58.6 Å². The summed E-state index contributed by atoms with van der Waals surface area (Å²) in [4.78, 5) is 10.8. The van der Waals surface area contributed by atoms with E-state index in [0.717, 1.165) is 38.2 Å². The third-order valence-electron chi connectivity index (χ3n) is 2.82. The number of carboxylic acids is 1. The van der Waals surface area contributed by atoms with Crippen molar-refractivity contribution in [1.82, 2.24) is 5.32 Å². The quantitative estimate of drug-likeness (QED) is 0.676. The Bertz CT molecular complexity index is 223. The van der Waals surface area contributed by atoms with Crippen LogP contribution in [0.4, 0.5) is 0 Å². The van der Waals surface area contributed by atoms with Crippen molar-refractivity contribution < 1.29 is 14.6 Å². The zero-order valence-electron chi connectivity index (χ0n) is 7.99. The largest absolute Gasteiger partial charge is 0.480 e. The lowest BCUT2D eigenvalue weighted by Crippen LogP contribution is -2.56. The molecule has 0 aromatic rings. The van der Waals surface area contributed by atoms with Gasteiger partial charge in [-0.05, 0) is 25.0 Å². The molecule has 0 saturated carbocycles. The summed E-state index contributed by atoms with van der Waals surface area (Å²) in [5.74, 6) is 0.209. The molecule has 2 N–H and O–H groups in total. The van der Waals surface area contributed by atoms with Gasteiger partial charge in [0.25, 0.3) is 0 Å². The summed E-state index contributed by atoms with van der Waals surface area (Å²) in [6, 6.07) is -0.366. The van der Waals surface area contributed by atoms with E-state index >= 15 is 0 Å². The maximum absolute atomic E-state index is 10.9. The lowest BCUT2D eigenvalue weighted by Gasteiger charge is -2.42. The number of aliphatic carboxylic acids is 1. The first kappa shape index (κ1) is 10.3. The smallest absolute Gasteiger partial charge is 0.320 e. The van der Waals surface area contributed by atoms with Crippen molar-refractivity contribution in [2.45, 2.75) is 30.2 Å². The Labute approximate surface area is 87.4 Å². The zero-order valence-corrected chi connectivity index (χ0v) is 8.81. The molecule has 0 aromatic carbocycles. The number of thioether (sulfide) groups is 1. The summed E-state index contributed by atoms with van der Waals surface area (Å²) in [5.41, 5.74) is 0. The molecule has 0 bridgehead atoms. The second-order valence-electron chi connectivity index (χ2n) is 3.78. The van der Waals surface area contributed by atoms with Crippen molar-refractivity contribution in [3.8, 4) is 0 Å². The molecule has 1 spiro atoms. The Kier molecular flexibility index (Phi) is 2.99. The molecule has 2 aliphatic rings. The number of hydrogen-bond donors (Lipinski definition) is 2. The fourth-order valence-corrected chi connectivity index (χ4v) is 3.40. The fourth-order valence-electron chi connectivity index (χ4n) is 1.98. The van der Waals surface area contributed by atoms with Gasteiger partial charge in [0.1, 0.15) is 6.04 Å². The maximum Gasteiger partial charge on any atom is 0.320 e. The Balaban J connectivity index is 2.01. The lowest BCUT2D eigenvalue weighted by molar-refractivity contribution is -0.140. The van der Waals surface area contributed by atoms with Gasteiger partial charge in [-0.25, -0.2) is 0 Å². The highest BCUT2D eigenvalue weighted by Gasteiger charge is 2.39. The first-order chi connectivity index (χ1) is 6.72. The SMILES string of the molecule is O=C(O)C1CCSC2(CCOCC2)N1. The van der Waals surface area contributed by atoms with Crippen LogP contribution in [0.3, 0.4) is 0 Å². The molecule has 2 aliphatic heterocycles. The van der Waals surface area contributed by atoms with Crippen LogP contribution < -0.4 is 5.32 Å². The van der Waals surface area contributed by atoms with E-state index in [0.29, 0.717) is 0 Å². The molecular weight excluding hydrogens is 202 g/mol. The maximum atomic E-state index is 10.9. The molecular formula is C9H15NO3S. The summed E-state index contributed by atoms with van der Waals surface area (Å²) in [5, 5.41) is 12.2. The Morgan fingerprint density at radius 2 is 2.21 bits per heavy atom. The predicted molar refractivity (Wildman–Crippen MR) is 54.4 cm³/mol. The fraction of sp³-hybridized carbons (Fsp3) is 0.889. The van der Waals surface area contributed by atoms with E-state index in [1.165, 1.54) is 0 Å². The Morgan fingerprint density at radius 1 is 1.50 bits per heavy atom. The van der Waals surface area contributed by atoms with Crippen molar-refractivity contribution in [1.29, 1.82) is 0 Å². The molecule has 0 amide bonds. The lowest BCUT2D eigenvalue weighted by atomic mass is 10.1. The number of nitrogens with one attached hydrogen (secondary N) is 1. The van der Waals surface area contributed by atoms with E-state index in [9.17, 15) is 4.79 Å². The average Bonchev–Trinajstić information content (AvgIpc) is 2.19. The second-order valence-corrected chi connectivity index (χ2v) is 5.26. The molecule has 14 heavy (non-hydrogen) atoms. The van der Waals surface area contributed by atoms with Gasteiger partial charge in [-0.15, -0.1) is 11.8 Å². The van der Waals surface area contributed by atoms with Crippen molar-refractivity contribution in [2.75, 3.05) is 19.0 Å². The number of carboxylic acid groups (broad SMARTS) is 1. The average molecular weight is 217 g/mol. The minimum atomic E-state index is -0.726. The van der Waals surface area contributed by atoms with E-state index < -0.39 is 5.97 Å². The van der Waals surface area contributed by atoms with Gasteiger partial charge in [0.2, 0.25) is 0 Å². The molecule has 2 heterocycles. The first-order valence-electron chi connectivity index (χ1n) is 4.94. The van der Waals surface area contributed by atoms with Gasteiger partial charge < -0.3 is 9.84 Å². The van der Waals surface area contributed by atoms with Gasteiger partial charge in [0, 0.05) is 13.2 Å². The summed E-state index contributed by atoms with van der Waals surface area (Å²) < 4.78 is 5.29.